The van der Waals surface area contributed by atoms with Crippen LogP contribution in [-0.4, -0.2) is 20.7 Å². The molecular weight excluding hydrogens is 290 g/mol. The van der Waals surface area contributed by atoms with Crippen LogP contribution in [0.15, 0.2) is 46.0 Å². The van der Waals surface area contributed by atoms with Gasteiger partial charge in [0.15, 0.2) is 9.84 Å². The van der Waals surface area contributed by atoms with Gasteiger partial charge in [-0.1, -0.05) is 18.2 Å². The average Bonchev–Trinajstić information content (AvgIpc) is 2.95. The van der Waals surface area contributed by atoms with Crippen molar-refractivity contribution in [3.63, 3.8) is 0 Å². The number of nitrogens with one attached hydrogen (secondary N) is 1. The Kier molecular flexibility index (Phi) is 3.92. The zero-order chi connectivity index (χ0) is 14.0. The Hall–Kier alpha value is -1.17. The molecule has 3 nitrogen and oxygen atoms in total. The summed E-state index contributed by atoms with van der Waals surface area (Å²) in [5.74, 6) is 0.236. The van der Waals surface area contributed by atoms with Crippen molar-refractivity contribution in [3.05, 3.63) is 52.2 Å². The molecule has 0 spiro atoms. The number of sulfone groups is 1. The van der Waals surface area contributed by atoms with Crippen LogP contribution >= 0.6 is 11.3 Å². The van der Waals surface area contributed by atoms with Crippen LogP contribution in [-0.2, 0) is 16.3 Å². The minimum absolute atomic E-state index is 0.147. The molecule has 5 heteroatoms. The second-order valence-electron chi connectivity index (χ2n) is 5.03. The molecule has 20 heavy (non-hydrogen) atoms. The van der Waals surface area contributed by atoms with E-state index in [4.69, 9.17) is 0 Å². The monoisotopic (exact) mass is 307 g/mol. The normalized spacial score (nSPS) is 20.5. The average molecular weight is 307 g/mol. The Labute approximate surface area is 123 Å². The van der Waals surface area contributed by atoms with E-state index in [1.54, 1.807) is 23.5 Å². The zero-order valence-corrected chi connectivity index (χ0v) is 12.7. The van der Waals surface area contributed by atoms with Crippen molar-refractivity contribution in [3.8, 4) is 0 Å². The highest BCUT2D eigenvalue weighted by Crippen LogP contribution is 2.31. The lowest BCUT2D eigenvalue weighted by Gasteiger charge is -2.26. The van der Waals surface area contributed by atoms with E-state index in [1.165, 1.54) is 5.56 Å². The smallest absolute Gasteiger partial charge is 0.178 e. The third-order valence-corrected chi connectivity index (χ3v) is 6.24. The second kappa shape index (κ2) is 5.68. The predicted octanol–water partition coefficient (Wildman–Crippen LogP) is 2.80. The van der Waals surface area contributed by atoms with E-state index < -0.39 is 9.84 Å². The fourth-order valence-corrected chi connectivity index (χ4v) is 4.95. The molecule has 1 N–H and O–H groups in total. The maximum atomic E-state index is 12.1. The Balaban J connectivity index is 1.72. The fourth-order valence-electron chi connectivity index (χ4n) is 2.63. The van der Waals surface area contributed by atoms with Crippen molar-refractivity contribution >= 4 is 21.2 Å². The SMILES string of the molecule is O=S1(=O)CCC(NCCc2ccsc2)c2ccccc21. The van der Waals surface area contributed by atoms with Crippen molar-refractivity contribution in [1.29, 1.82) is 0 Å². The minimum Gasteiger partial charge on any atom is -0.310 e. The van der Waals surface area contributed by atoms with Gasteiger partial charge in [-0.15, -0.1) is 0 Å². The van der Waals surface area contributed by atoms with Gasteiger partial charge in [0.05, 0.1) is 10.6 Å². The molecule has 0 amide bonds. The van der Waals surface area contributed by atoms with Crippen LogP contribution < -0.4 is 5.32 Å². The molecule has 0 aliphatic carbocycles. The van der Waals surface area contributed by atoms with Crippen LogP contribution in [0, 0.1) is 0 Å². The standard InChI is InChI=1S/C15H17NO2S2/c17-20(18)10-7-14(13-3-1-2-4-15(13)20)16-8-5-12-6-9-19-11-12/h1-4,6,9,11,14,16H,5,7-8,10H2. The maximum absolute atomic E-state index is 12.1. The van der Waals surface area contributed by atoms with Crippen LogP contribution in [0.1, 0.15) is 23.6 Å². The molecule has 1 aliphatic heterocycles. The Bertz CT molecular complexity index is 678. The summed E-state index contributed by atoms with van der Waals surface area (Å²) in [5.41, 5.74) is 2.25. The first-order valence-corrected chi connectivity index (χ1v) is 9.32. The van der Waals surface area contributed by atoms with Gasteiger partial charge in [-0.3, -0.25) is 0 Å². The Morgan fingerprint density at radius 2 is 2.10 bits per heavy atom. The Morgan fingerprint density at radius 1 is 1.25 bits per heavy atom. The van der Waals surface area contributed by atoms with Crippen molar-refractivity contribution < 1.29 is 8.42 Å². The summed E-state index contributed by atoms with van der Waals surface area (Å²) in [4.78, 5) is 0.499. The third-order valence-electron chi connectivity index (χ3n) is 3.69. The lowest BCUT2D eigenvalue weighted by Crippen LogP contribution is -2.30. The van der Waals surface area contributed by atoms with Gasteiger partial charge < -0.3 is 5.32 Å². The van der Waals surface area contributed by atoms with Gasteiger partial charge in [0.1, 0.15) is 0 Å². The first-order chi connectivity index (χ1) is 9.67. The summed E-state index contributed by atoms with van der Waals surface area (Å²) in [6.45, 7) is 0.871. The lowest BCUT2D eigenvalue weighted by atomic mass is 10.0. The molecule has 1 aromatic carbocycles. The summed E-state index contributed by atoms with van der Waals surface area (Å²) in [6, 6.07) is 9.63. The number of rotatable bonds is 4. The fraction of sp³-hybridized carbons (Fsp3) is 0.333. The molecule has 0 bridgehead atoms. The van der Waals surface area contributed by atoms with Gasteiger partial charge in [0.2, 0.25) is 0 Å². The van der Waals surface area contributed by atoms with Crippen molar-refractivity contribution in [2.75, 3.05) is 12.3 Å². The Morgan fingerprint density at radius 3 is 2.90 bits per heavy atom. The molecule has 3 rings (SSSR count). The molecule has 2 aromatic rings. The number of fused-ring (bicyclic) bond motifs is 1. The molecule has 1 aliphatic rings. The maximum Gasteiger partial charge on any atom is 0.178 e. The van der Waals surface area contributed by atoms with Crippen LogP contribution in [0.25, 0.3) is 0 Å². The number of hydrogen-bond acceptors (Lipinski definition) is 4. The van der Waals surface area contributed by atoms with Gasteiger partial charge >= 0.3 is 0 Å². The van der Waals surface area contributed by atoms with Gasteiger partial charge in [-0.2, -0.15) is 11.3 Å². The number of benzene rings is 1. The number of hydrogen-bond donors (Lipinski definition) is 1. The van der Waals surface area contributed by atoms with E-state index in [0.29, 0.717) is 11.3 Å². The van der Waals surface area contributed by atoms with E-state index >= 15 is 0 Å². The minimum atomic E-state index is -3.08. The molecular formula is C15H17NO2S2. The zero-order valence-electron chi connectivity index (χ0n) is 11.1. The molecule has 2 heterocycles. The lowest BCUT2D eigenvalue weighted by molar-refractivity contribution is 0.495. The third kappa shape index (κ3) is 2.80. The van der Waals surface area contributed by atoms with Crippen molar-refractivity contribution in [2.24, 2.45) is 0 Å². The summed E-state index contributed by atoms with van der Waals surface area (Å²) in [7, 11) is -3.08. The van der Waals surface area contributed by atoms with Crippen LogP contribution in [0.2, 0.25) is 0 Å². The molecule has 1 unspecified atom stereocenters. The molecule has 1 aromatic heterocycles. The van der Waals surface area contributed by atoms with Gasteiger partial charge in [0, 0.05) is 6.04 Å². The highest BCUT2D eigenvalue weighted by molar-refractivity contribution is 7.91. The summed E-state index contributed by atoms with van der Waals surface area (Å²) in [5, 5.41) is 7.73. The summed E-state index contributed by atoms with van der Waals surface area (Å²) < 4.78 is 24.1. The first-order valence-electron chi connectivity index (χ1n) is 6.73. The van der Waals surface area contributed by atoms with Crippen molar-refractivity contribution in [1.82, 2.24) is 5.32 Å². The van der Waals surface area contributed by atoms with E-state index in [-0.39, 0.29) is 11.8 Å². The topological polar surface area (TPSA) is 46.2 Å². The molecule has 0 saturated heterocycles. The van der Waals surface area contributed by atoms with Crippen LogP contribution in [0.3, 0.4) is 0 Å². The quantitative estimate of drug-likeness (QED) is 0.945. The summed E-state index contributed by atoms with van der Waals surface area (Å²) in [6.07, 6.45) is 1.64. The highest BCUT2D eigenvalue weighted by atomic mass is 32.2. The first kappa shape index (κ1) is 13.8. The van der Waals surface area contributed by atoms with E-state index in [9.17, 15) is 8.42 Å². The number of thiophene rings is 1. The van der Waals surface area contributed by atoms with E-state index in [2.05, 4.69) is 22.1 Å². The molecule has 106 valence electrons. The van der Waals surface area contributed by atoms with E-state index in [1.807, 2.05) is 12.1 Å². The predicted molar refractivity (Wildman–Crippen MR) is 81.9 cm³/mol. The molecule has 0 fully saturated rings. The van der Waals surface area contributed by atoms with Gasteiger partial charge in [-0.05, 0) is 53.4 Å². The van der Waals surface area contributed by atoms with Crippen LogP contribution in [0.5, 0.6) is 0 Å². The second-order valence-corrected chi connectivity index (χ2v) is 7.89. The van der Waals surface area contributed by atoms with Gasteiger partial charge in [-0.25, -0.2) is 8.42 Å². The molecule has 1 atom stereocenters. The largest absolute Gasteiger partial charge is 0.310 e. The van der Waals surface area contributed by atoms with Crippen LogP contribution in [0.4, 0.5) is 0 Å². The van der Waals surface area contributed by atoms with Crippen molar-refractivity contribution in [2.45, 2.75) is 23.8 Å². The summed E-state index contributed by atoms with van der Waals surface area (Å²) >= 11 is 1.71. The van der Waals surface area contributed by atoms with E-state index in [0.717, 1.165) is 18.5 Å². The molecule has 0 radical (unpaired) electrons. The molecule has 0 saturated carbocycles. The highest BCUT2D eigenvalue weighted by Gasteiger charge is 2.29. The van der Waals surface area contributed by atoms with Gasteiger partial charge in [0.25, 0.3) is 0 Å².